The molecule has 3 aromatic rings. The Kier molecular flexibility index (Phi) is 7.34. The first-order chi connectivity index (χ1) is 14.9. The Bertz CT molecular complexity index is 1250. The van der Waals surface area contributed by atoms with Crippen LogP contribution in [0.25, 0.3) is 10.9 Å². The van der Waals surface area contributed by atoms with Gasteiger partial charge in [0.05, 0.1) is 42.4 Å². The summed E-state index contributed by atoms with van der Waals surface area (Å²) >= 11 is 7.37. The van der Waals surface area contributed by atoms with Gasteiger partial charge in [0.15, 0.2) is 5.16 Å². The SMILES string of the molecule is C#CCNC(=O)CSc1nc2cc(C(=O)OC)ccc2c(=O)n1Cc1ccccc1Cl. The molecule has 3 rings (SSSR count). The average molecular weight is 456 g/mol. The molecule has 0 spiro atoms. The minimum atomic E-state index is -0.535. The van der Waals surface area contributed by atoms with Gasteiger partial charge in [0, 0.05) is 5.02 Å². The standard InChI is InChI=1S/C22H18ClN3O4S/c1-3-10-24-19(27)13-31-22-25-18-11-14(21(29)30-2)8-9-16(18)20(28)26(22)12-15-6-4-5-7-17(15)23/h1,4-9,11H,10,12-13H2,2H3,(H,24,27). The van der Waals surface area contributed by atoms with Gasteiger partial charge in [0.2, 0.25) is 5.91 Å². The van der Waals surface area contributed by atoms with E-state index in [-0.39, 0.29) is 35.9 Å². The van der Waals surface area contributed by atoms with E-state index in [2.05, 4.69) is 16.2 Å². The van der Waals surface area contributed by atoms with E-state index in [9.17, 15) is 14.4 Å². The van der Waals surface area contributed by atoms with Gasteiger partial charge >= 0.3 is 5.97 Å². The summed E-state index contributed by atoms with van der Waals surface area (Å²) in [6.45, 7) is 0.286. The number of benzene rings is 2. The zero-order valence-electron chi connectivity index (χ0n) is 16.6. The molecule has 0 aliphatic heterocycles. The number of halogens is 1. The normalized spacial score (nSPS) is 10.5. The molecule has 7 nitrogen and oxygen atoms in total. The Morgan fingerprint density at radius 2 is 2.06 bits per heavy atom. The predicted molar refractivity (Wildman–Crippen MR) is 120 cm³/mol. The first kappa shape index (κ1) is 22.4. The molecule has 0 aliphatic rings. The number of ether oxygens (including phenoxy) is 1. The van der Waals surface area contributed by atoms with Gasteiger partial charge in [-0.15, -0.1) is 6.42 Å². The number of hydrogen-bond acceptors (Lipinski definition) is 6. The van der Waals surface area contributed by atoms with Crippen LogP contribution >= 0.6 is 23.4 Å². The van der Waals surface area contributed by atoms with Crippen molar-refractivity contribution < 1.29 is 14.3 Å². The number of nitrogens with zero attached hydrogens (tertiary/aromatic N) is 2. The summed E-state index contributed by atoms with van der Waals surface area (Å²) in [4.78, 5) is 41.7. The lowest BCUT2D eigenvalue weighted by Gasteiger charge is -2.14. The topological polar surface area (TPSA) is 90.3 Å². The Labute approximate surface area is 187 Å². The number of fused-ring (bicyclic) bond motifs is 1. The Morgan fingerprint density at radius 3 is 2.77 bits per heavy atom. The molecule has 0 atom stereocenters. The molecule has 0 saturated heterocycles. The third-order valence-electron chi connectivity index (χ3n) is 4.35. The fourth-order valence-corrected chi connectivity index (χ4v) is 3.85. The van der Waals surface area contributed by atoms with Gasteiger partial charge in [-0.3, -0.25) is 14.2 Å². The van der Waals surface area contributed by atoms with Crippen LogP contribution < -0.4 is 10.9 Å². The van der Waals surface area contributed by atoms with Gasteiger partial charge in [-0.05, 0) is 29.8 Å². The van der Waals surface area contributed by atoms with E-state index in [4.69, 9.17) is 22.8 Å². The second-order valence-electron chi connectivity index (χ2n) is 6.37. The highest BCUT2D eigenvalue weighted by molar-refractivity contribution is 7.99. The highest BCUT2D eigenvalue weighted by Crippen LogP contribution is 2.22. The molecule has 31 heavy (non-hydrogen) atoms. The Balaban J connectivity index is 2.07. The van der Waals surface area contributed by atoms with E-state index in [1.54, 1.807) is 12.1 Å². The lowest BCUT2D eigenvalue weighted by molar-refractivity contribution is -0.118. The van der Waals surface area contributed by atoms with E-state index >= 15 is 0 Å². The van der Waals surface area contributed by atoms with Crippen LogP contribution in [0.15, 0.2) is 52.4 Å². The first-order valence-electron chi connectivity index (χ1n) is 9.14. The summed E-state index contributed by atoms with van der Waals surface area (Å²) in [6.07, 6.45) is 5.16. The van der Waals surface area contributed by atoms with Crippen LogP contribution in [0.1, 0.15) is 15.9 Å². The van der Waals surface area contributed by atoms with Crippen molar-refractivity contribution in [2.75, 3.05) is 19.4 Å². The van der Waals surface area contributed by atoms with Crippen LogP contribution in [0.2, 0.25) is 5.02 Å². The molecule has 0 fully saturated rings. The van der Waals surface area contributed by atoms with E-state index in [1.807, 2.05) is 12.1 Å². The zero-order valence-corrected chi connectivity index (χ0v) is 18.1. The number of amides is 1. The maximum atomic E-state index is 13.3. The number of rotatable bonds is 7. The molecule has 0 bridgehead atoms. The van der Waals surface area contributed by atoms with E-state index < -0.39 is 5.97 Å². The molecule has 2 aromatic carbocycles. The van der Waals surface area contributed by atoms with E-state index in [0.29, 0.717) is 21.1 Å². The van der Waals surface area contributed by atoms with Crippen molar-refractivity contribution in [2.24, 2.45) is 0 Å². The highest BCUT2D eigenvalue weighted by Gasteiger charge is 2.16. The van der Waals surface area contributed by atoms with Crippen molar-refractivity contribution in [1.29, 1.82) is 0 Å². The monoisotopic (exact) mass is 455 g/mol. The molecule has 1 heterocycles. The molecule has 0 saturated carbocycles. The highest BCUT2D eigenvalue weighted by atomic mass is 35.5. The van der Waals surface area contributed by atoms with Crippen LogP contribution in [-0.2, 0) is 16.1 Å². The minimum Gasteiger partial charge on any atom is -0.465 e. The molecule has 1 aromatic heterocycles. The van der Waals surface area contributed by atoms with Crippen LogP contribution in [0.4, 0.5) is 0 Å². The molecule has 1 amide bonds. The van der Waals surface area contributed by atoms with Crippen molar-refractivity contribution in [3.63, 3.8) is 0 Å². The Hall–Kier alpha value is -3.28. The van der Waals surface area contributed by atoms with Gasteiger partial charge in [-0.25, -0.2) is 9.78 Å². The van der Waals surface area contributed by atoms with E-state index in [0.717, 1.165) is 17.3 Å². The van der Waals surface area contributed by atoms with Crippen LogP contribution in [0, 0.1) is 12.3 Å². The van der Waals surface area contributed by atoms with Crippen molar-refractivity contribution in [3.8, 4) is 12.3 Å². The summed E-state index contributed by atoms with van der Waals surface area (Å²) in [6, 6.07) is 11.7. The lowest BCUT2D eigenvalue weighted by atomic mass is 10.1. The smallest absolute Gasteiger partial charge is 0.337 e. The van der Waals surface area contributed by atoms with Crippen molar-refractivity contribution in [1.82, 2.24) is 14.9 Å². The molecule has 0 radical (unpaired) electrons. The minimum absolute atomic E-state index is 0.0127. The maximum absolute atomic E-state index is 13.3. The van der Waals surface area contributed by atoms with Gasteiger partial charge in [-0.1, -0.05) is 47.5 Å². The fraction of sp³-hybridized carbons (Fsp3) is 0.182. The summed E-state index contributed by atoms with van der Waals surface area (Å²) in [7, 11) is 1.28. The average Bonchev–Trinajstić information content (AvgIpc) is 2.78. The number of esters is 1. The van der Waals surface area contributed by atoms with Crippen LogP contribution in [-0.4, -0.2) is 40.8 Å². The van der Waals surface area contributed by atoms with Crippen molar-refractivity contribution in [2.45, 2.75) is 11.7 Å². The third-order valence-corrected chi connectivity index (χ3v) is 5.69. The zero-order chi connectivity index (χ0) is 22.4. The quantitative estimate of drug-likeness (QED) is 0.255. The van der Waals surface area contributed by atoms with Crippen LogP contribution in [0.5, 0.6) is 0 Å². The molecule has 0 unspecified atom stereocenters. The first-order valence-corrected chi connectivity index (χ1v) is 10.5. The van der Waals surface area contributed by atoms with Crippen molar-refractivity contribution >= 4 is 46.1 Å². The van der Waals surface area contributed by atoms with Crippen molar-refractivity contribution in [3.05, 3.63) is 69.0 Å². The van der Waals surface area contributed by atoms with Gasteiger partial charge in [-0.2, -0.15) is 0 Å². The number of carbonyl (C=O) groups excluding carboxylic acids is 2. The van der Waals surface area contributed by atoms with Crippen LogP contribution in [0.3, 0.4) is 0 Å². The maximum Gasteiger partial charge on any atom is 0.337 e. The number of methoxy groups -OCH3 is 1. The largest absolute Gasteiger partial charge is 0.465 e. The third kappa shape index (κ3) is 5.26. The number of nitrogens with one attached hydrogen (secondary N) is 1. The fourth-order valence-electron chi connectivity index (χ4n) is 2.82. The summed E-state index contributed by atoms with van der Waals surface area (Å²) in [5.41, 5.74) is 1.02. The number of aromatic nitrogens is 2. The Morgan fingerprint density at radius 1 is 1.29 bits per heavy atom. The second kappa shape index (κ2) is 10.2. The summed E-state index contributed by atoms with van der Waals surface area (Å²) in [5.74, 6) is 1.52. The van der Waals surface area contributed by atoms with Gasteiger partial charge < -0.3 is 10.1 Å². The number of terminal acetylenes is 1. The van der Waals surface area contributed by atoms with E-state index in [1.165, 1.54) is 29.9 Å². The molecule has 158 valence electrons. The summed E-state index contributed by atoms with van der Waals surface area (Å²) in [5, 5.41) is 3.73. The van der Waals surface area contributed by atoms with Gasteiger partial charge in [0.25, 0.3) is 5.56 Å². The van der Waals surface area contributed by atoms with Gasteiger partial charge in [0.1, 0.15) is 0 Å². The summed E-state index contributed by atoms with van der Waals surface area (Å²) < 4.78 is 6.20. The lowest BCUT2D eigenvalue weighted by Crippen LogP contribution is -2.27. The second-order valence-corrected chi connectivity index (χ2v) is 7.72. The number of hydrogen-bond donors (Lipinski definition) is 1. The molecule has 0 aliphatic carbocycles. The molecule has 9 heteroatoms. The number of carbonyl (C=O) groups is 2. The molecule has 1 N–H and O–H groups in total. The number of thioether (sulfide) groups is 1. The molecular weight excluding hydrogens is 438 g/mol. The molecular formula is C22H18ClN3O4S. The predicted octanol–water partition coefficient (Wildman–Crippen LogP) is 2.73.